The zero-order chi connectivity index (χ0) is 14.9. The van der Waals surface area contributed by atoms with Crippen LogP contribution in [-0.2, 0) is 16.4 Å². The Labute approximate surface area is 131 Å². The Morgan fingerprint density at radius 3 is 2.95 bits per heavy atom. The molecule has 0 spiro atoms. The molecule has 0 saturated carbocycles. The SMILES string of the molecule is O=S(=O)(NCCc1c[nH]c2ncccc12)c1ccc(Cl)s1. The van der Waals surface area contributed by atoms with Gasteiger partial charge in [0.05, 0.1) is 4.34 Å². The number of aromatic nitrogens is 2. The van der Waals surface area contributed by atoms with Gasteiger partial charge in [0, 0.05) is 24.3 Å². The number of hydrogen-bond acceptors (Lipinski definition) is 4. The van der Waals surface area contributed by atoms with Crippen LogP contribution in [0, 0.1) is 0 Å². The van der Waals surface area contributed by atoms with Crippen LogP contribution in [0.15, 0.2) is 40.9 Å². The summed E-state index contributed by atoms with van der Waals surface area (Å²) in [5.74, 6) is 0. The lowest BCUT2D eigenvalue weighted by atomic mass is 10.2. The minimum atomic E-state index is -3.49. The molecule has 0 unspecified atom stereocenters. The molecule has 110 valence electrons. The quantitative estimate of drug-likeness (QED) is 0.749. The first-order chi connectivity index (χ1) is 10.1. The molecule has 0 aliphatic heterocycles. The molecule has 21 heavy (non-hydrogen) atoms. The van der Waals surface area contributed by atoms with Crippen molar-refractivity contribution < 1.29 is 8.42 Å². The monoisotopic (exact) mass is 341 g/mol. The number of fused-ring (bicyclic) bond motifs is 1. The molecule has 0 amide bonds. The van der Waals surface area contributed by atoms with Gasteiger partial charge in [-0.3, -0.25) is 0 Å². The maximum absolute atomic E-state index is 12.1. The molecule has 0 atom stereocenters. The molecule has 0 radical (unpaired) electrons. The van der Waals surface area contributed by atoms with E-state index in [1.807, 2.05) is 18.3 Å². The van der Waals surface area contributed by atoms with E-state index in [0.717, 1.165) is 27.9 Å². The number of hydrogen-bond donors (Lipinski definition) is 2. The highest BCUT2D eigenvalue weighted by atomic mass is 35.5. The first-order valence-corrected chi connectivity index (χ1v) is 8.90. The van der Waals surface area contributed by atoms with Gasteiger partial charge in [-0.1, -0.05) is 11.6 Å². The predicted molar refractivity (Wildman–Crippen MR) is 84.3 cm³/mol. The number of nitrogens with zero attached hydrogens (tertiary/aromatic N) is 1. The Kier molecular flexibility index (Phi) is 3.99. The standard InChI is InChI=1S/C13H12ClN3O2S2/c14-11-3-4-12(20-11)21(18,19)17-7-5-9-8-16-13-10(9)2-1-6-15-13/h1-4,6,8,17H,5,7H2,(H,15,16). The van der Waals surface area contributed by atoms with E-state index in [4.69, 9.17) is 11.6 Å². The molecule has 0 bridgehead atoms. The molecule has 2 N–H and O–H groups in total. The highest BCUT2D eigenvalue weighted by Crippen LogP contribution is 2.25. The van der Waals surface area contributed by atoms with Crippen molar-refractivity contribution >= 4 is 44.0 Å². The minimum Gasteiger partial charge on any atom is -0.346 e. The van der Waals surface area contributed by atoms with E-state index >= 15 is 0 Å². The molecule has 3 rings (SSSR count). The summed E-state index contributed by atoms with van der Waals surface area (Å²) < 4.78 is 27.4. The smallest absolute Gasteiger partial charge is 0.250 e. The maximum atomic E-state index is 12.1. The third-order valence-corrected chi connectivity index (χ3v) is 6.22. The lowest BCUT2D eigenvalue weighted by molar-refractivity contribution is 0.584. The van der Waals surface area contributed by atoms with Gasteiger partial charge < -0.3 is 4.98 Å². The first kappa shape index (κ1) is 14.5. The van der Waals surface area contributed by atoms with Crippen LogP contribution in [0.4, 0.5) is 0 Å². The summed E-state index contributed by atoms with van der Waals surface area (Å²) in [6.07, 6.45) is 4.16. The fourth-order valence-corrected chi connectivity index (χ4v) is 4.61. The summed E-state index contributed by atoms with van der Waals surface area (Å²) in [4.78, 5) is 7.27. The number of thiophene rings is 1. The van der Waals surface area contributed by atoms with Crippen LogP contribution in [0.1, 0.15) is 5.56 Å². The molecule has 0 aliphatic rings. The summed E-state index contributed by atoms with van der Waals surface area (Å²) in [5.41, 5.74) is 1.84. The number of rotatable bonds is 5. The van der Waals surface area contributed by atoms with Crippen LogP contribution < -0.4 is 4.72 Å². The topological polar surface area (TPSA) is 74.8 Å². The second kappa shape index (κ2) is 5.76. The van der Waals surface area contributed by atoms with Gasteiger partial charge in [0.1, 0.15) is 9.86 Å². The van der Waals surface area contributed by atoms with E-state index in [1.165, 1.54) is 6.07 Å². The van der Waals surface area contributed by atoms with Gasteiger partial charge in [-0.05, 0) is 36.2 Å². The van der Waals surface area contributed by atoms with Gasteiger partial charge >= 0.3 is 0 Å². The summed E-state index contributed by atoms with van der Waals surface area (Å²) in [6.45, 7) is 0.319. The highest BCUT2D eigenvalue weighted by Gasteiger charge is 2.16. The zero-order valence-electron chi connectivity index (χ0n) is 10.8. The normalized spacial score (nSPS) is 12.0. The number of halogens is 1. The second-order valence-corrected chi connectivity index (χ2v) is 8.13. The van der Waals surface area contributed by atoms with Gasteiger partial charge in [-0.25, -0.2) is 18.1 Å². The second-order valence-electron chi connectivity index (χ2n) is 4.42. The summed E-state index contributed by atoms with van der Waals surface area (Å²) in [7, 11) is -3.49. The Balaban J connectivity index is 1.69. The van der Waals surface area contributed by atoms with Crippen LogP contribution in [0.3, 0.4) is 0 Å². The molecule has 3 heterocycles. The third kappa shape index (κ3) is 3.11. The van der Waals surface area contributed by atoms with E-state index < -0.39 is 10.0 Å². The molecule has 3 aromatic rings. The van der Waals surface area contributed by atoms with Crippen LogP contribution in [0.2, 0.25) is 4.34 Å². The molecule has 5 nitrogen and oxygen atoms in total. The van der Waals surface area contributed by atoms with Gasteiger partial charge in [0.15, 0.2) is 0 Å². The fraction of sp³-hybridized carbons (Fsp3) is 0.154. The van der Waals surface area contributed by atoms with Crippen molar-refractivity contribution in [2.75, 3.05) is 6.54 Å². The van der Waals surface area contributed by atoms with E-state index in [9.17, 15) is 8.42 Å². The van der Waals surface area contributed by atoms with Gasteiger partial charge in [-0.2, -0.15) is 0 Å². The van der Waals surface area contributed by atoms with Gasteiger partial charge in [0.2, 0.25) is 10.0 Å². The van der Waals surface area contributed by atoms with E-state index in [1.54, 1.807) is 12.3 Å². The van der Waals surface area contributed by atoms with Crippen molar-refractivity contribution in [2.45, 2.75) is 10.6 Å². The van der Waals surface area contributed by atoms with Crippen LogP contribution >= 0.6 is 22.9 Å². The highest BCUT2D eigenvalue weighted by molar-refractivity contribution is 7.91. The van der Waals surface area contributed by atoms with Crippen molar-refractivity contribution in [2.24, 2.45) is 0 Å². The third-order valence-electron chi connectivity index (χ3n) is 3.04. The lowest BCUT2D eigenvalue weighted by Crippen LogP contribution is -2.25. The average Bonchev–Trinajstić information content (AvgIpc) is 3.06. The average molecular weight is 342 g/mol. The number of H-pyrrole nitrogens is 1. The Morgan fingerprint density at radius 1 is 1.33 bits per heavy atom. The molecule has 0 fully saturated rings. The molecular weight excluding hydrogens is 330 g/mol. The number of sulfonamides is 1. The van der Waals surface area contributed by atoms with Crippen molar-refractivity contribution in [1.82, 2.24) is 14.7 Å². The molecule has 3 aromatic heterocycles. The van der Waals surface area contributed by atoms with Crippen molar-refractivity contribution in [3.8, 4) is 0 Å². The number of pyridine rings is 1. The Morgan fingerprint density at radius 2 is 2.19 bits per heavy atom. The largest absolute Gasteiger partial charge is 0.346 e. The van der Waals surface area contributed by atoms with Crippen molar-refractivity contribution in [3.63, 3.8) is 0 Å². The molecular formula is C13H12ClN3O2S2. The minimum absolute atomic E-state index is 0.230. The van der Waals surface area contributed by atoms with Crippen molar-refractivity contribution in [1.29, 1.82) is 0 Å². The molecule has 8 heteroatoms. The zero-order valence-corrected chi connectivity index (χ0v) is 13.2. The maximum Gasteiger partial charge on any atom is 0.250 e. The molecule has 0 aliphatic carbocycles. The van der Waals surface area contributed by atoms with E-state index in [-0.39, 0.29) is 4.21 Å². The first-order valence-electron chi connectivity index (χ1n) is 6.22. The fourth-order valence-electron chi connectivity index (χ4n) is 2.05. The van der Waals surface area contributed by atoms with Gasteiger partial charge in [0.25, 0.3) is 0 Å². The summed E-state index contributed by atoms with van der Waals surface area (Å²) in [6, 6.07) is 6.90. The van der Waals surface area contributed by atoms with Crippen LogP contribution in [0.25, 0.3) is 11.0 Å². The van der Waals surface area contributed by atoms with Crippen LogP contribution in [0.5, 0.6) is 0 Å². The number of nitrogens with one attached hydrogen (secondary N) is 2. The van der Waals surface area contributed by atoms with Crippen molar-refractivity contribution in [3.05, 3.63) is 46.6 Å². The molecule has 0 aromatic carbocycles. The number of aromatic amines is 1. The Bertz CT molecular complexity index is 870. The van der Waals surface area contributed by atoms with E-state index in [2.05, 4.69) is 14.7 Å². The summed E-state index contributed by atoms with van der Waals surface area (Å²) in [5, 5.41) is 1.01. The summed E-state index contributed by atoms with van der Waals surface area (Å²) >= 11 is 6.81. The Hall–Kier alpha value is -1.41. The molecule has 0 saturated heterocycles. The van der Waals surface area contributed by atoms with E-state index in [0.29, 0.717) is 17.3 Å². The van der Waals surface area contributed by atoms with Crippen LogP contribution in [-0.4, -0.2) is 24.9 Å². The van der Waals surface area contributed by atoms with Gasteiger partial charge in [-0.15, -0.1) is 11.3 Å². The lowest BCUT2D eigenvalue weighted by Gasteiger charge is -2.04. The predicted octanol–water partition coefficient (Wildman–Crippen LogP) is 2.80.